The number of nitrogens with one attached hydrogen (secondary N) is 3. The topological polar surface area (TPSA) is 97.6 Å². The second kappa shape index (κ2) is 8.95. The summed E-state index contributed by atoms with van der Waals surface area (Å²) in [7, 11) is 0. The van der Waals surface area contributed by atoms with E-state index in [1.807, 2.05) is 0 Å². The van der Waals surface area contributed by atoms with E-state index < -0.39 is 0 Å². The Morgan fingerprint density at radius 1 is 1.67 bits per heavy atom. The first-order valence-corrected chi connectivity index (χ1v) is 1.29. The second-order valence-corrected chi connectivity index (χ2v) is 0.683. The lowest BCUT2D eigenvalue weighted by atomic mass is 10.8. The number of amidine groups is 1. The fourth-order valence-electron chi connectivity index (χ4n) is 0. The Morgan fingerprint density at radius 2 is 1.67 bits per heavy atom. The summed E-state index contributed by atoms with van der Waals surface area (Å²) in [4.78, 5) is 0. The highest BCUT2D eigenvalue weighted by atomic mass is 14.7. The zero-order chi connectivity index (χ0) is 5.58. The minimum atomic E-state index is 0. The van der Waals surface area contributed by atoms with Crippen molar-refractivity contribution in [2.75, 3.05) is 0 Å². The van der Waals surface area contributed by atoms with Gasteiger partial charge in [-0.05, 0) is 6.92 Å². The van der Waals surface area contributed by atoms with Gasteiger partial charge in [0.25, 0.3) is 0 Å². The Hall–Kier alpha value is -0.930. The van der Waals surface area contributed by atoms with E-state index in [1.165, 1.54) is 6.92 Å². The van der Waals surface area contributed by atoms with Crippen LogP contribution in [0.4, 0.5) is 0 Å². The van der Waals surface area contributed by atoms with Crippen molar-refractivity contribution in [3.05, 3.63) is 0 Å². The summed E-state index contributed by atoms with van der Waals surface area (Å²) >= 11 is 0. The molecule has 0 aliphatic rings. The van der Waals surface area contributed by atoms with Crippen LogP contribution in [0.2, 0.25) is 0 Å². The molecule has 0 aromatic heterocycles. The lowest BCUT2D eigenvalue weighted by Crippen LogP contribution is -2.00. The highest BCUT2D eigenvalue weighted by molar-refractivity contribution is 5.73. The standard InChI is InChI=1S/C2H6N2.H2N2.H2/c1-2(3)4;1-2;/h1H3,(H3,3,4);1-2H;1H. The molecule has 0 unspecified atom stereocenters. The van der Waals surface area contributed by atoms with Crippen molar-refractivity contribution >= 4 is 5.84 Å². The number of nitrogens with two attached hydrogens (primary N) is 1. The van der Waals surface area contributed by atoms with Crippen molar-refractivity contribution in [2.45, 2.75) is 6.92 Å². The molecule has 0 fully saturated rings. The molecule has 0 saturated heterocycles. The van der Waals surface area contributed by atoms with Gasteiger partial charge in [-0.3, -0.25) is 5.41 Å². The summed E-state index contributed by atoms with van der Waals surface area (Å²) < 4.78 is 0. The molecule has 0 spiro atoms. The quantitative estimate of drug-likeness (QED) is 0.197. The fourth-order valence-corrected chi connectivity index (χ4v) is 0. The van der Waals surface area contributed by atoms with E-state index in [0.717, 1.165) is 0 Å². The lowest BCUT2D eigenvalue weighted by molar-refractivity contribution is 1.05. The molecular formula is C2H10N4. The van der Waals surface area contributed by atoms with E-state index >= 15 is 0 Å². The second-order valence-electron chi connectivity index (χ2n) is 0.683. The first kappa shape index (κ1) is 8.91. The monoisotopic (exact) mass is 90.1 g/mol. The fraction of sp³-hybridized carbons (Fsp3) is 0.500. The van der Waals surface area contributed by atoms with Gasteiger partial charge in [-0.25, -0.2) is 11.1 Å². The van der Waals surface area contributed by atoms with E-state index in [1.54, 1.807) is 0 Å². The summed E-state index contributed by atoms with van der Waals surface area (Å²) in [5.41, 5.74) is 14.7. The maximum absolute atomic E-state index is 6.28. The summed E-state index contributed by atoms with van der Waals surface area (Å²) in [5, 5.41) is 6.28. The van der Waals surface area contributed by atoms with E-state index in [4.69, 9.17) is 22.2 Å². The zero-order valence-corrected chi connectivity index (χ0v) is 3.58. The molecule has 0 bridgehead atoms. The van der Waals surface area contributed by atoms with Crippen molar-refractivity contribution in [3.63, 3.8) is 0 Å². The zero-order valence-electron chi connectivity index (χ0n) is 3.58. The van der Waals surface area contributed by atoms with Crippen LogP contribution in [0.3, 0.4) is 0 Å². The average Bonchev–Trinajstić information content (AvgIpc) is 1.41. The molecule has 0 aromatic rings. The van der Waals surface area contributed by atoms with Gasteiger partial charge in [-0.2, -0.15) is 0 Å². The van der Waals surface area contributed by atoms with Gasteiger partial charge in [-0.1, -0.05) is 0 Å². The molecule has 0 amide bonds. The molecule has 0 aliphatic carbocycles. The van der Waals surface area contributed by atoms with E-state index in [0.29, 0.717) is 0 Å². The summed E-state index contributed by atoms with van der Waals surface area (Å²) in [6, 6.07) is 0. The van der Waals surface area contributed by atoms with Crippen LogP contribution in [-0.2, 0) is 0 Å². The minimum absolute atomic E-state index is 0. The summed E-state index contributed by atoms with van der Waals surface area (Å²) in [5.74, 6) is 0.167. The van der Waals surface area contributed by atoms with E-state index in [-0.39, 0.29) is 7.26 Å². The van der Waals surface area contributed by atoms with Crippen LogP contribution >= 0.6 is 0 Å². The van der Waals surface area contributed by atoms with Crippen molar-refractivity contribution in [1.82, 2.24) is 0 Å². The number of hydrogen-bond donors (Lipinski definition) is 4. The smallest absolute Gasteiger partial charge is 0.0873 e. The predicted molar refractivity (Wildman–Crippen MR) is 25.1 cm³/mol. The molecule has 0 rings (SSSR count). The van der Waals surface area contributed by atoms with Crippen LogP contribution < -0.4 is 5.73 Å². The molecule has 0 saturated carbocycles. The van der Waals surface area contributed by atoms with Gasteiger partial charge in [0.15, 0.2) is 0 Å². The lowest BCUT2D eigenvalue weighted by Gasteiger charge is -1.66. The predicted octanol–water partition coefficient (Wildman–Crippen LogP) is 0.784. The third-order valence-electron chi connectivity index (χ3n) is 0. The van der Waals surface area contributed by atoms with Gasteiger partial charge in [0.2, 0.25) is 0 Å². The first-order valence-electron chi connectivity index (χ1n) is 1.29. The summed E-state index contributed by atoms with van der Waals surface area (Å²) in [6.07, 6.45) is 0. The average molecular weight is 90.1 g/mol. The normalized spacial score (nSPS) is 4.83. The Labute approximate surface area is 37.6 Å². The molecule has 6 heavy (non-hydrogen) atoms. The first-order chi connectivity index (χ1) is 2.73. The Balaban J connectivity index is -0.0000000480. The van der Waals surface area contributed by atoms with Crippen LogP contribution in [0.15, 0.2) is 0 Å². The SMILES string of the molecule is CC(=N)N.N=N.[HH]. The van der Waals surface area contributed by atoms with E-state index in [2.05, 4.69) is 0 Å². The largest absolute Gasteiger partial charge is 0.388 e. The molecule has 0 aromatic carbocycles. The van der Waals surface area contributed by atoms with Crippen LogP contribution in [-0.4, -0.2) is 5.84 Å². The Morgan fingerprint density at radius 3 is 1.67 bits per heavy atom. The highest BCUT2D eigenvalue weighted by Gasteiger charge is 1.53. The Bertz CT molecular complexity index is 41.0. The molecule has 0 atom stereocenters. The molecular weight excluding hydrogens is 80.0 g/mol. The van der Waals surface area contributed by atoms with Crippen molar-refractivity contribution < 1.29 is 1.43 Å². The van der Waals surface area contributed by atoms with Gasteiger partial charge >= 0.3 is 0 Å². The number of hydrogen-bond acceptors (Lipinski definition) is 3. The van der Waals surface area contributed by atoms with Crippen molar-refractivity contribution in [1.29, 1.82) is 16.5 Å². The number of rotatable bonds is 0. The van der Waals surface area contributed by atoms with Crippen molar-refractivity contribution in [2.24, 2.45) is 5.73 Å². The van der Waals surface area contributed by atoms with Gasteiger partial charge in [0, 0.05) is 1.43 Å². The minimum Gasteiger partial charge on any atom is -0.388 e. The molecule has 0 heterocycles. The van der Waals surface area contributed by atoms with Crippen LogP contribution in [0.25, 0.3) is 0 Å². The van der Waals surface area contributed by atoms with Crippen LogP contribution in [0, 0.1) is 16.5 Å². The van der Waals surface area contributed by atoms with Gasteiger partial charge in [-0.15, -0.1) is 0 Å². The molecule has 0 radical (unpaired) electrons. The van der Waals surface area contributed by atoms with Gasteiger partial charge in [0.05, 0.1) is 5.84 Å². The van der Waals surface area contributed by atoms with Crippen LogP contribution in [0.5, 0.6) is 0 Å². The molecule has 4 heteroatoms. The van der Waals surface area contributed by atoms with Gasteiger partial charge in [0.1, 0.15) is 0 Å². The maximum Gasteiger partial charge on any atom is 0.0873 e. The molecule has 4 nitrogen and oxygen atoms in total. The van der Waals surface area contributed by atoms with Crippen LogP contribution in [0.1, 0.15) is 8.35 Å². The molecule has 5 N–H and O–H groups in total. The van der Waals surface area contributed by atoms with Gasteiger partial charge < -0.3 is 5.73 Å². The van der Waals surface area contributed by atoms with E-state index in [9.17, 15) is 0 Å². The maximum atomic E-state index is 6.28. The molecule has 0 aliphatic heterocycles. The molecule has 38 valence electrons. The third-order valence-corrected chi connectivity index (χ3v) is 0. The Kier molecular flexibility index (Phi) is 13.3. The summed E-state index contributed by atoms with van der Waals surface area (Å²) in [6.45, 7) is 1.53. The van der Waals surface area contributed by atoms with Crippen molar-refractivity contribution in [3.8, 4) is 0 Å². The third kappa shape index (κ3) is 15.2. The highest BCUT2D eigenvalue weighted by Crippen LogP contribution is 1.36.